The van der Waals surface area contributed by atoms with E-state index in [1.165, 1.54) is 0 Å². The molecular weight excluding hydrogens is 405 g/mol. The van der Waals surface area contributed by atoms with Crippen molar-refractivity contribution in [2.45, 2.75) is 0 Å². The number of aromatic nitrogens is 2. The van der Waals surface area contributed by atoms with Crippen LogP contribution >= 0.6 is 33.9 Å². The van der Waals surface area contributed by atoms with Gasteiger partial charge in [-0.15, -0.1) is 0 Å². The molecule has 0 saturated heterocycles. The summed E-state index contributed by atoms with van der Waals surface area (Å²) in [6, 6.07) is 15.7. The van der Waals surface area contributed by atoms with Crippen LogP contribution < -0.4 is 4.72 Å². The Bertz CT molecular complexity index is 944. The van der Waals surface area contributed by atoms with Crippen molar-refractivity contribution in [3.05, 3.63) is 64.6 Å². The quantitative estimate of drug-likeness (QED) is 0.609. The van der Waals surface area contributed by atoms with Crippen molar-refractivity contribution in [3.63, 3.8) is 0 Å². The van der Waals surface area contributed by atoms with E-state index in [9.17, 15) is 8.42 Å². The number of anilines is 1. The zero-order valence-corrected chi connectivity index (χ0v) is 15.5. The minimum absolute atomic E-state index is 0.132. The van der Waals surface area contributed by atoms with Crippen LogP contribution in [-0.4, -0.2) is 18.4 Å². The third-order valence-corrected chi connectivity index (χ3v) is 4.38. The maximum absolute atomic E-state index is 11.3. The molecule has 0 amide bonds. The maximum Gasteiger partial charge on any atom is 0.321 e. The molecule has 1 heterocycles. The van der Waals surface area contributed by atoms with Gasteiger partial charge in [0.05, 0.1) is 11.4 Å². The minimum atomic E-state index is -4.03. The second-order valence-electron chi connectivity index (χ2n) is 5.02. The van der Waals surface area contributed by atoms with Crippen LogP contribution in [0.2, 0.25) is 10.0 Å². The van der Waals surface area contributed by atoms with Gasteiger partial charge < -0.3 is 0 Å². The summed E-state index contributed by atoms with van der Waals surface area (Å²) in [7, 11) is 1.22. The first-order chi connectivity index (χ1) is 11.8. The van der Waals surface area contributed by atoms with Gasteiger partial charge in [-0.3, -0.25) is 0 Å². The minimum Gasteiger partial charge on any atom is -0.238 e. The van der Waals surface area contributed by atoms with Gasteiger partial charge in [0.1, 0.15) is 0 Å². The van der Waals surface area contributed by atoms with Crippen molar-refractivity contribution in [3.8, 4) is 22.5 Å². The number of benzene rings is 2. The molecular formula is C16H10Cl3N3O2S. The van der Waals surface area contributed by atoms with Crippen LogP contribution in [0.25, 0.3) is 22.5 Å². The fourth-order valence-corrected chi connectivity index (χ4v) is 2.91. The summed E-state index contributed by atoms with van der Waals surface area (Å²) in [6.07, 6.45) is 0. The third kappa shape index (κ3) is 4.83. The van der Waals surface area contributed by atoms with E-state index in [4.69, 9.17) is 33.9 Å². The summed E-state index contributed by atoms with van der Waals surface area (Å²) < 4.78 is 24.7. The molecule has 3 aromatic rings. The third-order valence-electron chi connectivity index (χ3n) is 3.22. The van der Waals surface area contributed by atoms with E-state index in [-0.39, 0.29) is 5.95 Å². The van der Waals surface area contributed by atoms with Crippen LogP contribution in [0.15, 0.2) is 54.6 Å². The molecule has 1 N–H and O–H groups in total. The SMILES string of the molecule is O=S(=O)(Cl)Nc1nc(-c2ccc(Cl)cc2)cc(-c2ccc(Cl)cc2)n1. The smallest absolute Gasteiger partial charge is 0.238 e. The maximum atomic E-state index is 11.3. The van der Waals surface area contributed by atoms with E-state index < -0.39 is 9.24 Å². The average Bonchev–Trinajstić information content (AvgIpc) is 2.54. The van der Waals surface area contributed by atoms with Crippen molar-refractivity contribution in [1.82, 2.24) is 9.97 Å². The highest BCUT2D eigenvalue weighted by Gasteiger charge is 2.13. The van der Waals surface area contributed by atoms with Gasteiger partial charge in [0.15, 0.2) is 0 Å². The van der Waals surface area contributed by atoms with E-state index in [0.29, 0.717) is 21.4 Å². The summed E-state index contributed by atoms with van der Waals surface area (Å²) in [5, 5.41) is 1.16. The highest BCUT2D eigenvalue weighted by molar-refractivity contribution is 8.14. The first kappa shape index (κ1) is 17.9. The summed E-state index contributed by atoms with van der Waals surface area (Å²) in [4.78, 5) is 8.41. The molecule has 0 spiro atoms. The number of hydrogen-bond acceptors (Lipinski definition) is 4. The second kappa shape index (κ2) is 7.17. The highest BCUT2D eigenvalue weighted by Crippen LogP contribution is 2.27. The zero-order chi connectivity index (χ0) is 18.0. The van der Waals surface area contributed by atoms with Crippen LogP contribution in [0.5, 0.6) is 0 Å². The lowest BCUT2D eigenvalue weighted by Gasteiger charge is -2.09. The number of nitrogens with one attached hydrogen (secondary N) is 1. The van der Waals surface area contributed by atoms with Crippen LogP contribution in [-0.2, 0) is 9.24 Å². The van der Waals surface area contributed by atoms with Gasteiger partial charge in [0.25, 0.3) is 0 Å². The van der Waals surface area contributed by atoms with Crippen molar-refractivity contribution in [2.24, 2.45) is 0 Å². The van der Waals surface area contributed by atoms with Crippen LogP contribution in [0.3, 0.4) is 0 Å². The Morgan fingerprint density at radius 1 is 0.760 bits per heavy atom. The molecule has 0 saturated carbocycles. The summed E-state index contributed by atoms with van der Waals surface area (Å²) >= 11 is 11.8. The monoisotopic (exact) mass is 413 g/mol. The number of halogens is 3. The lowest BCUT2D eigenvalue weighted by atomic mass is 10.1. The standard InChI is InChI=1S/C16H10Cl3N3O2S/c17-12-5-1-10(2-6-12)14-9-15(11-3-7-13(18)8-4-11)21-16(20-14)22-25(19,23)24/h1-9H,(H,20,21,22). The number of hydrogen-bond donors (Lipinski definition) is 1. The Labute approximate surface area is 159 Å². The molecule has 5 nitrogen and oxygen atoms in total. The molecule has 0 fully saturated rings. The van der Waals surface area contributed by atoms with Crippen LogP contribution in [0, 0.1) is 0 Å². The zero-order valence-electron chi connectivity index (χ0n) is 12.4. The van der Waals surface area contributed by atoms with Gasteiger partial charge in [0.2, 0.25) is 5.95 Å². The van der Waals surface area contributed by atoms with Gasteiger partial charge >= 0.3 is 9.24 Å². The van der Waals surface area contributed by atoms with Crippen molar-refractivity contribution in [1.29, 1.82) is 0 Å². The molecule has 0 aliphatic rings. The topological polar surface area (TPSA) is 72.0 Å². The Hall–Kier alpha value is -1.86. The molecule has 0 atom stereocenters. The molecule has 0 bridgehead atoms. The van der Waals surface area contributed by atoms with Crippen molar-refractivity contribution >= 4 is 49.1 Å². The number of rotatable bonds is 4. The van der Waals surface area contributed by atoms with E-state index in [0.717, 1.165) is 11.1 Å². The predicted molar refractivity (Wildman–Crippen MR) is 101 cm³/mol. The molecule has 9 heteroatoms. The van der Waals surface area contributed by atoms with E-state index >= 15 is 0 Å². The van der Waals surface area contributed by atoms with Crippen molar-refractivity contribution < 1.29 is 8.42 Å². The molecule has 0 aliphatic carbocycles. The van der Waals surface area contributed by atoms with Gasteiger partial charge in [-0.2, -0.15) is 8.42 Å². The largest absolute Gasteiger partial charge is 0.321 e. The molecule has 25 heavy (non-hydrogen) atoms. The van der Waals surface area contributed by atoms with E-state index in [2.05, 4.69) is 14.7 Å². The van der Waals surface area contributed by atoms with Gasteiger partial charge in [-0.25, -0.2) is 14.7 Å². The fourth-order valence-electron chi connectivity index (χ4n) is 2.14. The van der Waals surface area contributed by atoms with Crippen LogP contribution in [0.4, 0.5) is 5.95 Å². The van der Waals surface area contributed by atoms with E-state index in [1.807, 2.05) is 0 Å². The molecule has 0 unspecified atom stereocenters. The average molecular weight is 415 g/mol. The number of nitrogens with zero attached hydrogens (tertiary/aromatic N) is 2. The molecule has 0 radical (unpaired) electrons. The van der Waals surface area contributed by atoms with Crippen molar-refractivity contribution in [2.75, 3.05) is 4.72 Å². The molecule has 1 aromatic heterocycles. The Morgan fingerprint density at radius 3 is 1.52 bits per heavy atom. The lowest BCUT2D eigenvalue weighted by Crippen LogP contribution is -2.09. The fraction of sp³-hybridized carbons (Fsp3) is 0. The van der Waals surface area contributed by atoms with Gasteiger partial charge in [0, 0.05) is 31.9 Å². The predicted octanol–water partition coefficient (Wildman–Crippen LogP) is 5.01. The van der Waals surface area contributed by atoms with Crippen LogP contribution in [0.1, 0.15) is 0 Å². The molecule has 128 valence electrons. The summed E-state index contributed by atoms with van der Waals surface area (Å²) in [5.74, 6) is -0.132. The van der Waals surface area contributed by atoms with Gasteiger partial charge in [-0.1, -0.05) is 47.5 Å². The normalized spacial score (nSPS) is 11.3. The second-order valence-corrected chi connectivity index (χ2v) is 8.19. The Kier molecular flexibility index (Phi) is 5.15. The first-order valence-electron chi connectivity index (χ1n) is 6.93. The molecule has 0 aliphatic heterocycles. The first-order valence-corrected chi connectivity index (χ1v) is 10.00. The Morgan fingerprint density at radius 2 is 1.16 bits per heavy atom. The molecule has 3 rings (SSSR count). The highest BCUT2D eigenvalue weighted by atomic mass is 35.7. The lowest BCUT2D eigenvalue weighted by molar-refractivity contribution is 0.614. The Balaban J connectivity index is 2.14. The summed E-state index contributed by atoms with van der Waals surface area (Å²) in [6.45, 7) is 0. The van der Waals surface area contributed by atoms with E-state index in [1.54, 1.807) is 54.6 Å². The van der Waals surface area contributed by atoms with Gasteiger partial charge in [-0.05, 0) is 30.3 Å². The molecule has 2 aromatic carbocycles. The summed E-state index contributed by atoms with van der Waals surface area (Å²) in [5.41, 5.74) is 2.52.